The molecule has 1 fully saturated rings. The van der Waals surface area contributed by atoms with Crippen LogP contribution in [0.3, 0.4) is 0 Å². The van der Waals surface area contributed by atoms with Gasteiger partial charge in [-0.2, -0.15) is 13.2 Å². The number of hydrogen-bond donors (Lipinski definition) is 1. The smallest absolute Gasteiger partial charge is 0.366 e. The minimum atomic E-state index is -4.38. The number of nitrogens with two attached hydrogens (primary N) is 1. The van der Waals surface area contributed by atoms with Gasteiger partial charge in [-0.15, -0.1) is 0 Å². The Morgan fingerprint density at radius 2 is 1.63 bits per heavy atom. The van der Waals surface area contributed by atoms with E-state index < -0.39 is 17.6 Å². The van der Waals surface area contributed by atoms with E-state index in [2.05, 4.69) is 0 Å². The summed E-state index contributed by atoms with van der Waals surface area (Å²) < 4.78 is 38.0. The summed E-state index contributed by atoms with van der Waals surface area (Å²) in [6.07, 6.45) is -3.66. The minimum Gasteiger partial charge on any atom is -0.366 e. The summed E-state index contributed by atoms with van der Waals surface area (Å²) in [6, 6.07) is 11.0. The van der Waals surface area contributed by atoms with Gasteiger partial charge in [0.05, 0.1) is 5.56 Å². The third kappa shape index (κ3) is 4.21. The molecule has 1 saturated heterocycles. The Balaban J connectivity index is 1.72. The van der Waals surface area contributed by atoms with Crippen molar-refractivity contribution >= 4 is 17.6 Å². The number of primary amides is 1. The van der Waals surface area contributed by atoms with E-state index in [1.54, 1.807) is 34.1 Å². The van der Waals surface area contributed by atoms with Crippen LogP contribution in [0.1, 0.15) is 27.9 Å². The summed E-state index contributed by atoms with van der Waals surface area (Å²) in [5.41, 5.74) is 6.12. The largest absolute Gasteiger partial charge is 0.416 e. The van der Waals surface area contributed by atoms with Crippen LogP contribution in [0, 0.1) is 0 Å². The first-order valence-electron chi connectivity index (χ1n) is 8.38. The molecular weight excluding hydrogens is 359 g/mol. The van der Waals surface area contributed by atoms with Gasteiger partial charge in [0.2, 0.25) is 5.91 Å². The molecule has 0 saturated carbocycles. The average molecular weight is 377 g/mol. The van der Waals surface area contributed by atoms with Crippen LogP contribution in [0.25, 0.3) is 0 Å². The number of hydrogen-bond acceptors (Lipinski definition) is 2. The molecule has 27 heavy (non-hydrogen) atoms. The number of rotatable bonds is 4. The number of urea groups is 1. The van der Waals surface area contributed by atoms with E-state index in [0.717, 1.165) is 18.6 Å². The van der Waals surface area contributed by atoms with Gasteiger partial charge in [0.1, 0.15) is 0 Å². The molecule has 0 bridgehead atoms. The molecule has 0 spiro atoms. The second kappa shape index (κ2) is 7.30. The van der Waals surface area contributed by atoms with Gasteiger partial charge in [0.25, 0.3) is 0 Å². The van der Waals surface area contributed by atoms with Gasteiger partial charge in [0, 0.05) is 30.9 Å². The van der Waals surface area contributed by atoms with Crippen molar-refractivity contribution in [1.29, 1.82) is 0 Å². The molecule has 3 amide bonds. The summed E-state index contributed by atoms with van der Waals surface area (Å²) in [4.78, 5) is 27.1. The van der Waals surface area contributed by atoms with Crippen molar-refractivity contribution in [2.75, 3.05) is 18.0 Å². The van der Waals surface area contributed by atoms with Crippen molar-refractivity contribution in [1.82, 2.24) is 4.90 Å². The molecule has 1 heterocycles. The van der Waals surface area contributed by atoms with Crippen LogP contribution >= 0.6 is 0 Å². The summed E-state index contributed by atoms with van der Waals surface area (Å²) in [6.45, 7) is 1.28. The fourth-order valence-corrected chi connectivity index (χ4v) is 2.99. The molecule has 1 aliphatic rings. The molecule has 2 aromatic rings. The number of nitrogens with zero attached hydrogens (tertiary/aromatic N) is 2. The van der Waals surface area contributed by atoms with Crippen molar-refractivity contribution < 1.29 is 22.8 Å². The Labute approximate surface area is 154 Å². The van der Waals surface area contributed by atoms with E-state index in [4.69, 9.17) is 5.73 Å². The van der Waals surface area contributed by atoms with Gasteiger partial charge in [-0.25, -0.2) is 4.79 Å². The molecule has 0 atom stereocenters. The van der Waals surface area contributed by atoms with Crippen LogP contribution in [0.4, 0.5) is 23.7 Å². The Hall–Kier alpha value is -3.03. The second-order valence-electron chi connectivity index (χ2n) is 6.32. The second-order valence-corrected chi connectivity index (χ2v) is 6.32. The molecule has 0 unspecified atom stereocenters. The molecule has 0 aromatic heterocycles. The zero-order chi connectivity index (χ0) is 19.6. The Morgan fingerprint density at radius 3 is 2.19 bits per heavy atom. The highest BCUT2D eigenvalue weighted by atomic mass is 19.4. The molecule has 142 valence electrons. The van der Waals surface area contributed by atoms with Crippen LogP contribution in [0.15, 0.2) is 48.5 Å². The van der Waals surface area contributed by atoms with Gasteiger partial charge < -0.3 is 10.6 Å². The number of halogens is 3. The summed E-state index contributed by atoms with van der Waals surface area (Å²) in [7, 11) is 0. The number of carbonyl (C=O) groups excluding carboxylic acids is 2. The lowest BCUT2D eigenvalue weighted by molar-refractivity contribution is -0.137. The zero-order valence-electron chi connectivity index (χ0n) is 14.4. The molecule has 8 heteroatoms. The van der Waals surface area contributed by atoms with Crippen molar-refractivity contribution in [3.8, 4) is 0 Å². The highest BCUT2D eigenvalue weighted by Gasteiger charge is 2.30. The lowest BCUT2D eigenvalue weighted by Crippen LogP contribution is -2.49. The van der Waals surface area contributed by atoms with Crippen molar-refractivity contribution in [3.05, 3.63) is 65.2 Å². The summed E-state index contributed by atoms with van der Waals surface area (Å²) in [5, 5.41) is 0. The van der Waals surface area contributed by atoms with Crippen molar-refractivity contribution in [2.45, 2.75) is 19.1 Å². The molecule has 0 radical (unpaired) electrons. The quantitative estimate of drug-likeness (QED) is 0.884. The lowest BCUT2D eigenvalue weighted by Gasteiger charge is -2.35. The number of anilines is 1. The number of carbonyl (C=O) groups is 2. The normalized spacial score (nSPS) is 15.1. The van der Waals surface area contributed by atoms with Crippen LogP contribution in [-0.4, -0.2) is 29.9 Å². The van der Waals surface area contributed by atoms with Gasteiger partial charge >= 0.3 is 12.2 Å². The van der Waals surface area contributed by atoms with Crippen LogP contribution in [0.2, 0.25) is 0 Å². The van der Waals surface area contributed by atoms with Crippen molar-refractivity contribution in [3.63, 3.8) is 0 Å². The van der Waals surface area contributed by atoms with Crippen LogP contribution in [-0.2, 0) is 12.7 Å². The van der Waals surface area contributed by atoms with Gasteiger partial charge in [-0.3, -0.25) is 9.69 Å². The molecule has 0 aliphatic carbocycles. The first-order valence-corrected chi connectivity index (χ1v) is 8.38. The van der Waals surface area contributed by atoms with Crippen LogP contribution < -0.4 is 10.6 Å². The van der Waals surface area contributed by atoms with E-state index in [0.29, 0.717) is 29.9 Å². The van der Waals surface area contributed by atoms with Crippen molar-refractivity contribution in [2.24, 2.45) is 5.73 Å². The SMILES string of the molecule is NC(=O)c1ccc(N2CCCN(Cc3ccc(C(F)(F)F)cc3)C2=O)cc1. The maximum absolute atomic E-state index is 12.8. The fraction of sp³-hybridized carbons (Fsp3) is 0.263. The maximum Gasteiger partial charge on any atom is 0.416 e. The highest BCUT2D eigenvalue weighted by Crippen LogP contribution is 2.29. The third-order valence-electron chi connectivity index (χ3n) is 4.43. The zero-order valence-corrected chi connectivity index (χ0v) is 14.4. The molecule has 2 N–H and O–H groups in total. The first-order chi connectivity index (χ1) is 12.8. The third-order valence-corrected chi connectivity index (χ3v) is 4.43. The standard InChI is InChI=1S/C19H18F3N3O2/c20-19(21,22)15-6-2-13(3-7-15)12-24-10-1-11-25(18(24)27)16-8-4-14(5-9-16)17(23)26/h2-9H,1,10-12H2,(H2,23,26). The van der Waals surface area contributed by atoms with Gasteiger partial charge in [0.15, 0.2) is 0 Å². The fourth-order valence-electron chi connectivity index (χ4n) is 2.99. The van der Waals surface area contributed by atoms with Gasteiger partial charge in [-0.1, -0.05) is 12.1 Å². The van der Waals surface area contributed by atoms with E-state index in [9.17, 15) is 22.8 Å². The number of alkyl halides is 3. The van der Waals surface area contributed by atoms with E-state index in [1.807, 2.05) is 0 Å². The minimum absolute atomic E-state index is 0.229. The molecule has 3 rings (SSSR count). The van der Waals surface area contributed by atoms with E-state index in [-0.39, 0.29) is 12.6 Å². The van der Waals surface area contributed by atoms with E-state index >= 15 is 0 Å². The summed E-state index contributed by atoms with van der Waals surface area (Å²) >= 11 is 0. The van der Waals surface area contributed by atoms with E-state index in [1.165, 1.54) is 12.1 Å². The highest BCUT2D eigenvalue weighted by molar-refractivity contribution is 5.95. The topological polar surface area (TPSA) is 66.6 Å². The average Bonchev–Trinajstić information content (AvgIpc) is 2.63. The molecule has 5 nitrogen and oxygen atoms in total. The first kappa shape index (κ1) is 18.8. The maximum atomic E-state index is 12.8. The van der Waals surface area contributed by atoms with Gasteiger partial charge in [-0.05, 0) is 48.4 Å². The molecular formula is C19H18F3N3O2. The predicted octanol–water partition coefficient (Wildman–Crippen LogP) is 3.64. The Kier molecular flexibility index (Phi) is 5.07. The Bertz CT molecular complexity index is 833. The number of amides is 3. The monoisotopic (exact) mass is 377 g/mol. The number of benzene rings is 2. The molecule has 2 aromatic carbocycles. The molecule has 1 aliphatic heterocycles. The summed E-state index contributed by atoms with van der Waals surface area (Å²) in [5.74, 6) is -0.546. The Morgan fingerprint density at radius 1 is 1.00 bits per heavy atom. The van der Waals surface area contributed by atoms with Crippen LogP contribution in [0.5, 0.6) is 0 Å². The lowest BCUT2D eigenvalue weighted by atomic mass is 10.1. The predicted molar refractivity (Wildman–Crippen MR) is 94.2 cm³/mol.